The van der Waals surface area contributed by atoms with Crippen LogP contribution in [0.25, 0.3) is 0 Å². The highest BCUT2D eigenvalue weighted by atomic mass is 32.1. The lowest BCUT2D eigenvalue weighted by molar-refractivity contribution is 0.701. The van der Waals surface area contributed by atoms with E-state index in [1.807, 2.05) is 62.4 Å². The second-order valence-corrected chi connectivity index (χ2v) is 4.84. The van der Waals surface area contributed by atoms with Crippen LogP contribution in [0.2, 0.25) is 0 Å². The Morgan fingerprint density at radius 3 is 1.89 bits per heavy atom. The summed E-state index contributed by atoms with van der Waals surface area (Å²) >= 11 is 0.483. The topological polar surface area (TPSA) is 29.1 Å². The third-order valence-electron chi connectivity index (χ3n) is 2.71. The van der Waals surface area contributed by atoms with Crippen LogP contribution in [0.4, 0.5) is 5.69 Å². The molecule has 0 saturated carbocycles. The van der Waals surface area contributed by atoms with Crippen LogP contribution in [0.3, 0.4) is 0 Å². The van der Waals surface area contributed by atoms with Crippen LogP contribution in [-0.2, 0) is 11.3 Å². The monoisotopic (exact) mass is 257 g/mol. The second-order valence-electron chi connectivity index (χ2n) is 4.27. The van der Waals surface area contributed by atoms with Crippen molar-refractivity contribution < 1.29 is 4.21 Å². The average Bonchev–Trinajstić information content (AvgIpc) is 2.39. The SMILES string of the molecule is Cc1ccc(NC(=S=O)c2ccc(C)cc2)cc1. The highest BCUT2D eigenvalue weighted by molar-refractivity contribution is 7.67. The zero-order chi connectivity index (χ0) is 13.0. The van der Waals surface area contributed by atoms with E-state index in [1.165, 1.54) is 11.1 Å². The van der Waals surface area contributed by atoms with E-state index in [0.717, 1.165) is 11.3 Å². The summed E-state index contributed by atoms with van der Waals surface area (Å²) in [5.41, 5.74) is 4.23. The third-order valence-corrected chi connectivity index (χ3v) is 3.21. The molecule has 0 aromatic heterocycles. The van der Waals surface area contributed by atoms with Crippen molar-refractivity contribution in [2.45, 2.75) is 13.8 Å². The predicted molar refractivity (Wildman–Crippen MR) is 78.2 cm³/mol. The molecule has 0 unspecified atom stereocenters. The molecule has 0 heterocycles. The summed E-state index contributed by atoms with van der Waals surface area (Å²) in [4.78, 5) is 0.624. The highest BCUT2D eigenvalue weighted by Crippen LogP contribution is 2.11. The zero-order valence-electron chi connectivity index (χ0n) is 10.4. The van der Waals surface area contributed by atoms with Crippen LogP contribution in [0.5, 0.6) is 0 Å². The number of rotatable bonds is 2. The maximum absolute atomic E-state index is 11.2. The minimum absolute atomic E-state index is 0.483. The Bertz CT molecular complexity index is 581. The van der Waals surface area contributed by atoms with Crippen molar-refractivity contribution in [3.8, 4) is 0 Å². The summed E-state index contributed by atoms with van der Waals surface area (Å²) in [5, 5.41) is 3.16. The molecule has 2 aromatic carbocycles. The van der Waals surface area contributed by atoms with E-state index < -0.39 is 0 Å². The van der Waals surface area contributed by atoms with Gasteiger partial charge >= 0.3 is 0 Å². The zero-order valence-corrected chi connectivity index (χ0v) is 11.3. The van der Waals surface area contributed by atoms with Gasteiger partial charge < -0.3 is 5.32 Å². The lowest BCUT2D eigenvalue weighted by Crippen LogP contribution is -2.13. The molecule has 2 rings (SSSR count). The summed E-state index contributed by atoms with van der Waals surface area (Å²) in [6.45, 7) is 4.07. The summed E-state index contributed by atoms with van der Waals surface area (Å²) in [5.74, 6) is 0. The minimum atomic E-state index is 0.483. The molecular formula is C15H15NOS. The third kappa shape index (κ3) is 3.08. The Labute approximate surface area is 111 Å². The average molecular weight is 257 g/mol. The van der Waals surface area contributed by atoms with Crippen molar-refractivity contribution in [1.29, 1.82) is 0 Å². The molecule has 0 atom stereocenters. The first kappa shape index (κ1) is 12.6. The van der Waals surface area contributed by atoms with Crippen LogP contribution in [-0.4, -0.2) is 9.20 Å². The molecule has 0 saturated heterocycles. The van der Waals surface area contributed by atoms with E-state index in [1.54, 1.807) is 0 Å². The summed E-state index contributed by atoms with van der Waals surface area (Å²) in [6, 6.07) is 15.9. The molecule has 0 aliphatic rings. The molecule has 0 bridgehead atoms. The number of aryl methyl sites for hydroxylation is 2. The number of nitrogens with one attached hydrogen (secondary N) is 1. The molecule has 1 N–H and O–H groups in total. The molecule has 0 fully saturated rings. The van der Waals surface area contributed by atoms with Crippen LogP contribution in [0, 0.1) is 13.8 Å². The highest BCUT2D eigenvalue weighted by Gasteiger charge is 2.03. The Morgan fingerprint density at radius 2 is 1.39 bits per heavy atom. The molecule has 0 aliphatic carbocycles. The Kier molecular flexibility index (Phi) is 3.95. The van der Waals surface area contributed by atoms with E-state index in [4.69, 9.17) is 0 Å². The molecule has 2 nitrogen and oxygen atoms in total. The fraction of sp³-hybridized carbons (Fsp3) is 0.133. The van der Waals surface area contributed by atoms with Crippen LogP contribution in [0.15, 0.2) is 48.5 Å². The molecule has 2 aromatic rings. The van der Waals surface area contributed by atoms with E-state index in [9.17, 15) is 4.21 Å². The molecule has 18 heavy (non-hydrogen) atoms. The summed E-state index contributed by atoms with van der Waals surface area (Å²) < 4.78 is 11.2. The Balaban J connectivity index is 2.23. The predicted octanol–water partition coefficient (Wildman–Crippen LogP) is 3.11. The molecule has 3 heteroatoms. The fourth-order valence-corrected chi connectivity index (χ4v) is 2.01. The van der Waals surface area contributed by atoms with E-state index in [-0.39, 0.29) is 0 Å². The lowest BCUT2D eigenvalue weighted by Gasteiger charge is -2.08. The van der Waals surface area contributed by atoms with Crippen LogP contribution in [0.1, 0.15) is 16.7 Å². The fourth-order valence-electron chi connectivity index (χ4n) is 1.61. The van der Waals surface area contributed by atoms with Gasteiger partial charge in [-0.15, -0.1) is 0 Å². The standard InChI is InChI=1S/C15H15NOS/c1-11-3-7-13(8-4-11)15(18-17)16-14-9-5-12(2)6-10-14/h3-10,16H,1-2H3. The van der Waals surface area contributed by atoms with Gasteiger partial charge in [-0.2, -0.15) is 0 Å². The van der Waals surface area contributed by atoms with Crippen LogP contribution >= 0.6 is 0 Å². The van der Waals surface area contributed by atoms with Crippen molar-refractivity contribution in [1.82, 2.24) is 0 Å². The lowest BCUT2D eigenvalue weighted by atomic mass is 10.1. The largest absolute Gasteiger partial charge is 0.344 e. The van der Waals surface area contributed by atoms with Gasteiger partial charge in [-0.3, -0.25) is 0 Å². The second kappa shape index (κ2) is 5.65. The minimum Gasteiger partial charge on any atom is -0.344 e. The van der Waals surface area contributed by atoms with Gasteiger partial charge in [0.25, 0.3) is 0 Å². The van der Waals surface area contributed by atoms with Gasteiger partial charge in [0.1, 0.15) is 16.2 Å². The van der Waals surface area contributed by atoms with Gasteiger partial charge in [-0.25, -0.2) is 4.21 Å². The summed E-state index contributed by atoms with van der Waals surface area (Å²) in [7, 11) is 0. The van der Waals surface area contributed by atoms with E-state index in [2.05, 4.69) is 5.32 Å². The first-order chi connectivity index (χ1) is 8.69. The van der Waals surface area contributed by atoms with Crippen molar-refractivity contribution in [3.05, 3.63) is 65.2 Å². The molecule has 0 amide bonds. The maximum Gasteiger partial charge on any atom is 0.141 e. The maximum atomic E-state index is 11.2. The van der Waals surface area contributed by atoms with Gasteiger partial charge in [0.2, 0.25) is 0 Å². The van der Waals surface area contributed by atoms with Crippen molar-refractivity contribution in [2.24, 2.45) is 0 Å². The number of hydrogen-bond donors (Lipinski definition) is 1. The van der Waals surface area contributed by atoms with E-state index in [0.29, 0.717) is 16.2 Å². The first-order valence-corrected chi connectivity index (χ1v) is 6.51. The van der Waals surface area contributed by atoms with Gasteiger partial charge in [0.05, 0.1) is 0 Å². The smallest absolute Gasteiger partial charge is 0.141 e. The number of hydrogen-bond acceptors (Lipinski definition) is 1. The summed E-state index contributed by atoms with van der Waals surface area (Å²) in [6.07, 6.45) is 0. The molecule has 92 valence electrons. The van der Waals surface area contributed by atoms with Gasteiger partial charge in [-0.1, -0.05) is 47.5 Å². The Hall–Kier alpha value is -1.87. The van der Waals surface area contributed by atoms with Crippen molar-refractivity contribution in [2.75, 3.05) is 5.32 Å². The van der Waals surface area contributed by atoms with Gasteiger partial charge in [0, 0.05) is 11.3 Å². The van der Waals surface area contributed by atoms with Gasteiger partial charge in [-0.05, 0) is 26.0 Å². The van der Waals surface area contributed by atoms with Crippen LogP contribution < -0.4 is 5.32 Å². The first-order valence-electron chi connectivity index (χ1n) is 5.76. The van der Waals surface area contributed by atoms with Crippen molar-refractivity contribution in [3.63, 3.8) is 0 Å². The molecule has 0 radical (unpaired) electrons. The molecule has 0 aliphatic heterocycles. The van der Waals surface area contributed by atoms with Gasteiger partial charge in [0.15, 0.2) is 0 Å². The molecular weight excluding hydrogens is 242 g/mol. The Morgan fingerprint density at radius 1 is 0.889 bits per heavy atom. The van der Waals surface area contributed by atoms with E-state index >= 15 is 0 Å². The number of benzene rings is 2. The van der Waals surface area contributed by atoms with Crippen molar-refractivity contribution >= 4 is 21.9 Å². The molecule has 0 spiro atoms. The number of anilines is 1. The quantitative estimate of drug-likeness (QED) is 0.838. The normalized spacial score (nSPS) is 9.89.